The zero-order chi connectivity index (χ0) is 23.1. The van der Waals surface area contributed by atoms with Gasteiger partial charge in [0.2, 0.25) is 15.9 Å². The Balaban J connectivity index is 1.71. The van der Waals surface area contributed by atoms with Gasteiger partial charge in [-0.2, -0.15) is 13.2 Å². The number of benzene rings is 2. The van der Waals surface area contributed by atoms with Crippen molar-refractivity contribution in [2.75, 3.05) is 19.7 Å². The Labute approximate surface area is 182 Å². The summed E-state index contributed by atoms with van der Waals surface area (Å²) in [4.78, 5) is 11.8. The third-order valence-corrected chi connectivity index (χ3v) is 5.58. The predicted molar refractivity (Wildman–Crippen MR) is 107 cm³/mol. The van der Waals surface area contributed by atoms with Gasteiger partial charge in [-0.15, -0.1) is 0 Å². The van der Waals surface area contributed by atoms with Gasteiger partial charge in [-0.05, 0) is 36.4 Å². The zero-order valence-electron chi connectivity index (χ0n) is 16.0. The number of sulfonamides is 1. The largest absolute Gasteiger partial charge is 0.491 e. The first-order valence-electron chi connectivity index (χ1n) is 8.97. The molecule has 7 nitrogen and oxygen atoms in total. The quantitative estimate of drug-likeness (QED) is 0.485. The van der Waals surface area contributed by atoms with Gasteiger partial charge in [-0.1, -0.05) is 23.7 Å². The van der Waals surface area contributed by atoms with Crippen LogP contribution >= 0.6 is 11.6 Å². The van der Waals surface area contributed by atoms with E-state index in [9.17, 15) is 31.5 Å². The number of ether oxygens (including phenoxy) is 1. The lowest BCUT2D eigenvalue weighted by Gasteiger charge is -2.14. The third kappa shape index (κ3) is 8.37. The third-order valence-electron chi connectivity index (χ3n) is 3.89. The van der Waals surface area contributed by atoms with Crippen molar-refractivity contribution in [1.82, 2.24) is 10.0 Å². The number of hydrogen-bond donors (Lipinski definition) is 3. The lowest BCUT2D eigenvalue weighted by molar-refractivity contribution is -0.137. The van der Waals surface area contributed by atoms with Gasteiger partial charge >= 0.3 is 6.18 Å². The minimum absolute atomic E-state index is 0.0393. The Kier molecular flexibility index (Phi) is 8.69. The minimum Gasteiger partial charge on any atom is -0.491 e. The van der Waals surface area contributed by atoms with Gasteiger partial charge < -0.3 is 15.2 Å². The fraction of sp³-hybridized carbons (Fsp3) is 0.316. The first-order chi connectivity index (χ1) is 14.5. The van der Waals surface area contributed by atoms with Crippen LogP contribution in [-0.4, -0.2) is 45.2 Å². The molecule has 1 amide bonds. The van der Waals surface area contributed by atoms with Crippen molar-refractivity contribution in [1.29, 1.82) is 0 Å². The fourth-order valence-electron chi connectivity index (χ4n) is 2.35. The monoisotopic (exact) mass is 480 g/mol. The van der Waals surface area contributed by atoms with E-state index in [1.165, 1.54) is 36.4 Å². The van der Waals surface area contributed by atoms with E-state index in [1.807, 2.05) is 0 Å². The highest BCUT2D eigenvalue weighted by Crippen LogP contribution is 2.31. The van der Waals surface area contributed by atoms with Crippen LogP contribution in [0, 0.1) is 0 Å². The number of carbonyl (C=O) groups is 1. The number of carbonyl (C=O) groups excluding carboxylic acids is 1. The van der Waals surface area contributed by atoms with Crippen LogP contribution in [-0.2, 0) is 21.0 Å². The van der Waals surface area contributed by atoms with Crippen LogP contribution < -0.4 is 14.8 Å². The molecule has 0 aromatic heterocycles. The van der Waals surface area contributed by atoms with Gasteiger partial charge in [0.05, 0.1) is 10.5 Å². The molecule has 0 heterocycles. The summed E-state index contributed by atoms with van der Waals surface area (Å²) in [5.41, 5.74) is -0.881. The maximum Gasteiger partial charge on any atom is 0.416 e. The molecule has 12 heteroatoms. The minimum atomic E-state index is -4.51. The molecule has 0 saturated heterocycles. The second kappa shape index (κ2) is 10.8. The van der Waals surface area contributed by atoms with E-state index in [0.29, 0.717) is 0 Å². The van der Waals surface area contributed by atoms with Crippen molar-refractivity contribution in [2.24, 2.45) is 0 Å². The summed E-state index contributed by atoms with van der Waals surface area (Å²) in [6.45, 7) is -0.751. The molecule has 31 heavy (non-hydrogen) atoms. The molecule has 0 fully saturated rings. The highest BCUT2D eigenvalue weighted by molar-refractivity contribution is 7.89. The second-order valence-electron chi connectivity index (χ2n) is 6.40. The molecule has 2 aromatic carbocycles. The summed E-state index contributed by atoms with van der Waals surface area (Å²) >= 11 is 5.76. The van der Waals surface area contributed by atoms with Crippen molar-refractivity contribution >= 4 is 27.5 Å². The Morgan fingerprint density at radius 2 is 1.87 bits per heavy atom. The molecular weight excluding hydrogens is 461 g/mol. The van der Waals surface area contributed by atoms with Crippen molar-refractivity contribution < 1.29 is 36.2 Å². The first kappa shape index (κ1) is 24.9. The Morgan fingerprint density at radius 3 is 2.55 bits per heavy atom. The van der Waals surface area contributed by atoms with Crippen molar-refractivity contribution in [3.05, 3.63) is 59.1 Å². The summed E-state index contributed by atoms with van der Waals surface area (Å²) in [7, 11) is -3.83. The first-order valence-corrected chi connectivity index (χ1v) is 10.8. The molecule has 0 bridgehead atoms. The molecule has 0 aliphatic rings. The number of aliphatic hydroxyl groups is 1. The van der Waals surface area contributed by atoms with E-state index in [0.717, 1.165) is 12.1 Å². The second-order valence-corrected chi connectivity index (χ2v) is 8.60. The lowest BCUT2D eigenvalue weighted by atomic mass is 10.2. The van der Waals surface area contributed by atoms with Crippen LogP contribution in [0.3, 0.4) is 0 Å². The summed E-state index contributed by atoms with van der Waals surface area (Å²) in [5.74, 6) is -0.609. The average Bonchev–Trinajstić information content (AvgIpc) is 2.70. The summed E-state index contributed by atoms with van der Waals surface area (Å²) < 4.78 is 69.6. The molecule has 1 unspecified atom stereocenters. The highest BCUT2D eigenvalue weighted by Gasteiger charge is 2.30. The van der Waals surface area contributed by atoms with Crippen LogP contribution in [0.4, 0.5) is 13.2 Å². The molecule has 0 aliphatic heterocycles. The highest BCUT2D eigenvalue weighted by atomic mass is 35.5. The van der Waals surface area contributed by atoms with Crippen molar-refractivity contribution in [2.45, 2.75) is 23.6 Å². The Bertz CT molecular complexity index is 1000. The molecule has 3 N–H and O–H groups in total. The number of rotatable bonds is 10. The van der Waals surface area contributed by atoms with Crippen LogP contribution in [0.2, 0.25) is 5.02 Å². The average molecular weight is 481 g/mol. The molecule has 0 aliphatic carbocycles. The van der Waals surface area contributed by atoms with Crippen LogP contribution in [0.1, 0.15) is 12.0 Å². The molecule has 0 spiro atoms. The summed E-state index contributed by atoms with van der Waals surface area (Å²) in [6, 6.07) is 9.81. The topological polar surface area (TPSA) is 105 Å². The van der Waals surface area contributed by atoms with Gasteiger partial charge in [0, 0.05) is 24.5 Å². The van der Waals surface area contributed by atoms with E-state index in [2.05, 4.69) is 10.0 Å². The van der Waals surface area contributed by atoms with Crippen LogP contribution in [0.25, 0.3) is 0 Å². The number of amides is 1. The maximum atomic E-state index is 12.7. The number of hydrogen-bond acceptors (Lipinski definition) is 5. The van der Waals surface area contributed by atoms with E-state index in [4.69, 9.17) is 16.3 Å². The molecule has 0 saturated carbocycles. The number of nitrogens with one attached hydrogen (secondary N) is 2. The predicted octanol–water partition coefficient (Wildman–Crippen LogP) is 2.58. The van der Waals surface area contributed by atoms with E-state index in [-0.39, 0.29) is 41.8 Å². The summed E-state index contributed by atoms with van der Waals surface area (Å²) in [6.07, 6.45) is -5.89. The van der Waals surface area contributed by atoms with Crippen molar-refractivity contribution in [3.63, 3.8) is 0 Å². The lowest BCUT2D eigenvalue weighted by Crippen LogP contribution is -2.37. The van der Waals surface area contributed by atoms with E-state index >= 15 is 0 Å². The van der Waals surface area contributed by atoms with E-state index < -0.39 is 33.8 Å². The smallest absolute Gasteiger partial charge is 0.416 e. The molecule has 0 radical (unpaired) electrons. The van der Waals surface area contributed by atoms with Gasteiger partial charge in [-0.25, -0.2) is 13.1 Å². The maximum absolute atomic E-state index is 12.7. The SMILES string of the molecule is O=C(CCNS(=O)(=O)c1cccc(Cl)c1)NCC(O)COc1cccc(C(F)(F)F)c1. The summed E-state index contributed by atoms with van der Waals surface area (Å²) in [5, 5.41) is 12.5. The Hall–Kier alpha value is -2.34. The number of aliphatic hydroxyl groups excluding tert-OH is 1. The molecule has 2 aromatic rings. The zero-order valence-corrected chi connectivity index (χ0v) is 17.6. The standard InChI is InChI=1S/C19H20ClF3N2O5S/c20-14-4-2-6-17(10-14)31(28,29)25-8-7-18(27)24-11-15(26)12-30-16-5-1-3-13(9-16)19(21,22)23/h1-6,9-10,15,25-26H,7-8,11-12H2,(H,24,27). The molecule has 170 valence electrons. The van der Waals surface area contributed by atoms with E-state index in [1.54, 1.807) is 0 Å². The van der Waals surface area contributed by atoms with Gasteiger partial charge in [0.25, 0.3) is 0 Å². The van der Waals surface area contributed by atoms with Gasteiger partial charge in [0.1, 0.15) is 18.5 Å². The fourth-order valence-corrected chi connectivity index (χ4v) is 3.68. The number of alkyl halides is 3. The van der Waals surface area contributed by atoms with Crippen LogP contribution in [0.15, 0.2) is 53.4 Å². The van der Waals surface area contributed by atoms with Gasteiger partial charge in [-0.3, -0.25) is 4.79 Å². The molecule has 2 rings (SSSR count). The van der Waals surface area contributed by atoms with Crippen LogP contribution in [0.5, 0.6) is 5.75 Å². The van der Waals surface area contributed by atoms with Gasteiger partial charge in [0.15, 0.2) is 0 Å². The molecule has 1 atom stereocenters. The normalized spacial score (nSPS) is 12.9. The number of halogens is 4. The Morgan fingerprint density at radius 1 is 1.16 bits per heavy atom. The van der Waals surface area contributed by atoms with Crippen molar-refractivity contribution in [3.8, 4) is 5.75 Å². The molecular formula is C19H20ClF3N2O5S.